The van der Waals surface area contributed by atoms with E-state index in [1.807, 2.05) is 19.1 Å². The van der Waals surface area contributed by atoms with Gasteiger partial charge in [-0.05, 0) is 74.1 Å². The van der Waals surface area contributed by atoms with Gasteiger partial charge in [0.2, 0.25) is 0 Å². The summed E-state index contributed by atoms with van der Waals surface area (Å²) in [4.78, 5) is 20.3. The number of nitrogens with two attached hydrogens (primary N) is 2. The molecule has 0 aliphatic carbocycles. The van der Waals surface area contributed by atoms with E-state index >= 15 is 4.39 Å². The van der Waals surface area contributed by atoms with E-state index in [0.29, 0.717) is 40.4 Å². The predicted octanol–water partition coefficient (Wildman–Crippen LogP) is 5.65. The Labute approximate surface area is 247 Å². The highest BCUT2D eigenvalue weighted by Gasteiger charge is 2.21. The second kappa shape index (κ2) is 12.8. The first-order chi connectivity index (χ1) is 19.7. The number of H-pyrrole nitrogens is 1. The fourth-order valence-corrected chi connectivity index (χ4v) is 6.38. The van der Waals surface area contributed by atoms with Gasteiger partial charge in [0.1, 0.15) is 5.65 Å². The number of benzene rings is 2. The van der Waals surface area contributed by atoms with Crippen LogP contribution in [0.25, 0.3) is 28.0 Å². The number of aromatic nitrogens is 3. The molecule has 41 heavy (non-hydrogen) atoms. The molecule has 1 saturated heterocycles. The molecule has 4 aromatic rings. The molecule has 1 aliphatic heterocycles. The Hall–Kier alpha value is -3.18. The average Bonchev–Trinajstić information content (AvgIpc) is 3.18. The lowest BCUT2D eigenvalue weighted by molar-refractivity contribution is 0.431. The monoisotopic (exact) mass is 595 g/mol. The third-order valence-corrected chi connectivity index (χ3v) is 8.50. The van der Waals surface area contributed by atoms with Gasteiger partial charge in [-0.3, -0.25) is 9.98 Å². The van der Waals surface area contributed by atoms with Gasteiger partial charge in [0, 0.05) is 41.0 Å². The molecule has 3 heterocycles. The number of hydrogen-bond acceptors (Lipinski definition) is 6. The van der Waals surface area contributed by atoms with Gasteiger partial charge < -0.3 is 21.8 Å². The van der Waals surface area contributed by atoms with E-state index in [-0.39, 0.29) is 22.3 Å². The number of hydrogen-bond donors (Lipinski definition) is 5. The van der Waals surface area contributed by atoms with E-state index in [9.17, 15) is 4.79 Å². The van der Waals surface area contributed by atoms with E-state index in [1.54, 1.807) is 24.4 Å². The number of fused-ring (bicyclic) bond motifs is 1. The number of amidine groups is 1. The fraction of sp³-hybridized carbons (Fsp3) is 0.367. The lowest BCUT2D eigenvalue weighted by Gasteiger charge is -2.23. The molecule has 2 aromatic heterocycles. The van der Waals surface area contributed by atoms with Crippen LogP contribution in [0.2, 0.25) is 5.02 Å². The largest absolute Gasteiger partial charge is 0.379 e. The van der Waals surface area contributed by atoms with Crippen molar-refractivity contribution < 1.29 is 4.39 Å². The molecule has 2 aromatic carbocycles. The molecule has 1 fully saturated rings. The zero-order chi connectivity index (χ0) is 29.1. The first kappa shape index (κ1) is 29.3. The molecule has 0 bridgehead atoms. The van der Waals surface area contributed by atoms with Crippen molar-refractivity contribution in [1.82, 2.24) is 19.9 Å². The summed E-state index contributed by atoms with van der Waals surface area (Å²) in [5, 5.41) is 12.1. The van der Waals surface area contributed by atoms with Gasteiger partial charge in [-0.2, -0.15) is 4.98 Å². The molecule has 7 N–H and O–H groups in total. The first-order valence-electron chi connectivity index (χ1n) is 13.9. The molecule has 216 valence electrons. The molecular formula is C30H35ClFN7OS. The molecule has 0 unspecified atom stereocenters. The van der Waals surface area contributed by atoms with Crippen molar-refractivity contribution in [2.24, 2.45) is 11.5 Å². The van der Waals surface area contributed by atoms with Crippen molar-refractivity contribution in [2.45, 2.75) is 63.6 Å². The minimum absolute atomic E-state index is 0.0221. The summed E-state index contributed by atoms with van der Waals surface area (Å²) >= 11 is 7.57. The van der Waals surface area contributed by atoms with Crippen LogP contribution in [0, 0.1) is 11.2 Å². The molecule has 0 saturated carbocycles. The Balaban J connectivity index is 1.38. The van der Waals surface area contributed by atoms with Crippen molar-refractivity contribution in [3.05, 3.63) is 81.1 Å². The van der Waals surface area contributed by atoms with E-state index in [2.05, 4.69) is 27.4 Å². The molecule has 5 rings (SSSR count). The topological polar surface area (TPSA) is 139 Å². The highest BCUT2D eigenvalue weighted by molar-refractivity contribution is 8.13. The molecule has 11 heteroatoms. The number of aromatic amines is 1. The van der Waals surface area contributed by atoms with Gasteiger partial charge in [-0.15, -0.1) is 0 Å². The third kappa shape index (κ3) is 7.01. The van der Waals surface area contributed by atoms with E-state index in [1.165, 1.54) is 28.3 Å². The standard InChI is InChI=1S/C30H35ClFN7OS/c1-17(33)12-18-13-23(27(32)24(31)14-18)26-15-20-16-39(30(40)38-28(20)37-26)22-8-6-19(7-9-22)25-5-3-2-4-21(36-25)10-11-41-29(34)35/h6-9,13-17,21,25,36H,2-5,10-12,33H2,1H3,(H3,34,35)(H,37,38,40)/t17-,21-,25-/m0/s1. The van der Waals surface area contributed by atoms with Gasteiger partial charge in [-0.25, -0.2) is 9.18 Å². The third-order valence-electron chi connectivity index (χ3n) is 7.47. The maximum Gasteiger partial charge on any atom is 0.354 e. The normalized spacial score (nSPS) is 18.3. The van der Waals surface area contributed by atoms with E-state index in [0.717, 1.165) is 37.0 Å². The minimum Gasteiger partial charge on any atom is -0.379 e. The van der Waals surface area contributed by atoms with Crippen LogP contribution < -0.4 is 22.5 Å². The minimum atomic E-state index is -0.538. The van der Waals surface area contributed by atoms with Crippen LogP contribution in [0.4, 0.5) is 4.39 Å². The molecule has 8 nitrogen and oxygen atoms in total. The Morgan fingerprint density at radius 2 is 2.00 bits per heavy atom. The maximum absolute atomic E-state index is 15.0. The molecular weight excluding hydrogens is 561 g/mol. The van der Waals surface area contributed by atoms with E-state index < -0.39 is 11.5 Å². The van der Waals surface area contributed by atoms with Crippen LogP contribution in [-0.4, -0.2) is 37.5 Å². The SMILES string of the molecule is C[C@H](N)Cc1cc(Cl)c(F)c(-c2cc3cn(-c4ccc([C@@H]5CCCC[C@@H](CCSC(=N)N)N5)cc4)c(=O)nc3[nH]2)c1. The van der Waals surface area contributed by atoms with Crippen molar-refractivity contribution in [1.29, 1.82) is 5.41 Å². The van der Waals surface area contributed by atoms with Crippen LogP contribution in [0.15, 0.2) is 53.5 Å². The summed E-state index contributed by atoms with van der Waals surface area (Å²) in [6, 6.07) is 13.6. The highest BCUT2D eigenvalue weighted by atomic mass is 35.5. The second-order valence-corrected chi connectivity index (χ2v) is 12.3. The van der Waals surface area contributed by atoms with Gasteiger partial charge in [-0.1, -0.05) is 48.3 Å². The van der Waals surface area contributed by atoms with Crippen molar-refractivity contribution in [3.63, 3.8) is 0 Å². The lowest BCUT2D eigenvalue weighted by atomic mass is 10.0. The molecule has 0 radical (unpaired) electrons. The van der Waals surface area contributed by atoms with Gasteiger partial charge in [0.15, 0.2) is 11.0 Å². The van der Waals surface area contributed by atoms with Crippen LogP contribution in [0.3, 0.4) is 0 Å². The Morgan fingerprint density at radius 3 is 2.73 bits per heavy atom. The summed E-state index contributed by atoms with van der Waals surface area (Å²) in [6.07, 6.45) is 7.71. The van der Waals surface area contributed by atoms with Gasteiger partial charge in [0.25, 0.3) is 0 Å². The maximum atomic E-state index is 15.0. The van der Waals surface area contributed by atoms with Crippen LogP contribution in [0.5, 0.6) is 0 Å². The van der Waals surface area contributed by atoms with Crippen molar-refractivity contribution in [2.75, 3.05) is 5.75 Å². The number of rotatable bonds is 8. The molecule has 1 aliphatic rings. The van der Waals surface area contributed by atoms with Crippen molar-refractivity contribution >= 4 is 39.6 Å². The summed E-state index contributed by atoms with van der Waals surface area (Å²) in [6.45, 7) is 1.88. The van der Waals surface area contributed by atoms with Crippen LogP contribution in [-0.2, 0) is 6.42 Å². The van der Waals surface area contributed by atoms with Crippen molar-refractivity contribution in [3.8, 4) is 16.9 Å². The fourth-order valence-electron chi connectivity index (χ4n) is 5.51. The zero-order valence-electron chi connectivity index (χ0n) is 22.9. The first-order valence-corrected chi connectivity index (χ1v) is 15.2. The summed E-state index contributed by atoms with van der Waals surface area (Å²) < 4.78 is 16.5. The number of thioether (sulfide) groups is 1. The molecule has 3 atom stereocenters. The average molecular weight is 596 g/mol. The number of nitrogens with one attached hydrogen (secondary N) is 3. The zero-order valence-corrected chi connectivity index (χ0v) is 24.5. The van der Waals surface area contributed by atoms with E-state index in [4.69, 9.17) is 28.5 Å². The number of nitrogens with zero attached hydrogens (tertiary/aromatic N) is 2. The predicted molar refractivity (Wildman–Crippen MR) is 167 cm³/mol. The Kier molecular flexibility index (Phi) is 9.13. The van der Waals surface area contributed by atoms with Gasteiger partial charge in [0.05, 0.1) is 16.4 Å². The summed E-state index contributed by atoms with van der Waals surface area (Å²) in [7, 11) is 0. The lowest BCUT2D eigenvalue weighted by Crippen LogP contribution is -2.32. The Morgan fingerprint density at radius 1 is 1.24 bits per heavy atom. The summed E-state index contributed by atoms with van der Waals surface area (Å²) in [5.41, 5.74) is 14.9. The molecule has 0 spiro atoms. The van der Waals surface area contributed by atoms with Gasteiger partial charge >= 0.3 is 5.69 Å². The highest BCUT2D eigenvalue weighted by Crippen LogP contribution is 2.31. The second-order valence-electron chi connectivity index (χ2n) is 10.8. The molecule has 0 amide bonds. The number of halogens is 2. The quantitative estimate of drug-likeness (QED) is 0.132. The summed E-state index contributed by atoms with van der Waals surface area (Å²) in [5.74, 6) is 0.292. The van der Waals surface area contributed by atoms with Crippen LogP contribution >= 0.6 is 23.4 Å². The van der Waals surface area contributed by atoms with Crippen LogP contribution in [0.1, 0.15) is 56.2 Å². The Bertz CT molecular complexity index is 1600. The smallest absolute Gasteiger partial charge is 0.354 e.